The predicted molar refractivity (Wildman–Crippen MR) is 44.8 cm³/mol. The predicted octanol–water partition coefficient (Wildman–Crippen LogP) is 3.09. The number of alkyl halides is 3. The molecule has 0 amide bonds. The van der Waals surface area contributed by atoms with Gasteiger partial charge in [0.2, 0.25) is 0 Å². The maximum atomic E-state index is 12.2. The van der Waals surface area contributed by atoms with Crippen LogP contribution in [-0.4, -0.2) is 10.2 Å². The molecule has 1 aromatic heterocycles. The number of hydrogen-bond acceptors (Lipinski definition) is 1. The second-order valence-electron chi connectivity index (χ2n) is 3.69. The fourth-order valence-electron chi connectivity index (χ4n) is 1.93. The number of H-pyrrole nitrogens is 1. The molecule has 2 nitrogen and oxygen atoms in total. The molecule has 1 heterocycles. The second-order valence-corrected chi connectivity index (χ2v) is 3.69. The standard InChI is InChI=1S/C9H11F3N2/c10-9(11,12)8-5-7(13-14-8)6-3-1-2-4-6/h5-6H,1-4H2,(H,13,14). The van der Waals surface area contributed by atoms with Gasteiger partial charge in [0.1, 0.15) is 0 Å². The van der Waals surface area contributed by atoms with Crippen LogP contribution < -0.4 is 0 Å². The fourth-order valence-corrected chi connectivity index (χ4v) is 1.93. The molecule has 78 valence electrons. The van der Waals surface area contributed by atoms with Crippen LogP contribution in [0, 0.1) is 0 Å². The summed E-state index contributed by atoms with van der Waals surface area (Å²) in [7, 11) is 0. The van der Waals surface area contributed by atoms with Crippen LogP contribution in [0.5, 0.6) is 0 Å². The van der Waals surface area contributed by atoms with E-state index in [1.54, 1.807) is 0 Å². The first-order chi connectivity index (χ1) is 6.57. The van der Waals surface area contributed by atoms with Crippen molar-refractivity contribution in [3.63, 3.8) is 0 Å². The Morgan fingerprint density at radius 2 is 1.93 bits per heavy atom. The van der Waals surface area contributed by atoms with Gasteiger partial charge in [-0.05, 0) is 18.9 Å². The molecule has 2 rings (SSSR count). The van der Waals surface area contributed by atoms with E-state index in [0.717, 1.165) is 31.7 Å². The van der Waals surface area contributed by atoms with Gasteiger partial charge in [-0.25, -0.2) is 0 Å². The van der Waals surface area contributed by atoms with Gasteiger partial charge in [0.15, 0.2) is 5.69 Å². The van der Waals surface area contributed by atoms with E-state index in [4.69, 9.17) is 0 Å². The van der Waals surface area contributed by atoms with Gasteiger partial charge in [0, 0.05) is 11.6 Å². The molecular formula is C9H11F3N2. The monoisotopic (exact) mass is 204 g/mol. The molecule has 0 spiro atoms. The summed E-state index contributed by atoms with van der Waals surface area (Å²) in [6, 6.07) is 1.13. The molecule has 1 N–H and O–H groups in total. The van der Waals surface area contributed by atoms with Crippen LogP contribution in [0.3, 0.4) is 0 Å². The van der Waals surface area contributed by atoms with Crippen molar-refractivity contribution in [3.8, 4) is 0 Å². The number of nitrogens with one attached hydrogen (secondary N) is 1. The zero-order valence-corrected chi connectivity index (χ0v) is 7.56. The Labute approximate surface area is 79.5 Å². The van der Waals surface area contributed by atoms with Crippen LogP contribution in [-0.2, 0) is 6.18 Å². The van der Waals surface area contributed by atoms with Gasteiger partial charge in [-0.1, -0.05) is 12.8 Å². The summed E-state index contributed by atoms with van der Waals surface area (Å²) in [6.45, 7) is 0. The smallest absolute Gasteiger partial charge is 0.282 e. The Bertz CT molecular complexity index is 310. The van der Waals surface area contributed by atoms with Crippen LogP contribution in [0.25, 0.3) is 0 Å². The molecule has 0 unspecified atom stereocenters. The zero-order chi connectivity index (χ0) is 10.2. The number of halogens is 3. The minimum Gasteiger partial charge on any atom is -0.282 e. The van der Waals surface area contributed by atoms with E-state index in [9.17, 15) is 13.2 Å². The third-order valence-corrected chi connectivity index (χ3v) is 2.68. The lowest BCUT2D eigenvalue weighted by atomic mass is 10.0. The van der Waals surface area contributed by atoms with Crippen molar-refractivity contribution in [1.82, 2.24) is 10.2 Å². The summed E-state index contributed by atoms with van der Waals surface area (Å²) in [5.41, 5.74) is -0.172. The molecule has 0 aliphatic heterocycles. The van der Waals surface area contributed by atoms with E-state index in [1.807, 2.05) is 0 Å². The molecule has 1 aromatic rings. The highest BCUT2D eigenvalue weighted by atomic mass is 19.4. The van der Waals surface area contributed by atoms with E-state index in [2.05, 4.69) is 10.2 Å². The summed E-state index contributed by atoms with van der Waals surface area (Å²) >= 11 is 0. The molecule has 1 aliphatic carbocycles. The Kier molecular flexibility index (Phi) is 2.25. The van der Waals surface area contributed by atoms with Crippen molar-refractivity contribution in [2.24, 2.45) is 0 Å². The lowest BCUT2D eigenvalue weighted by molar-refractivity contribution is -0.141. The van der Waals surface area contributed by atoms with Gasteiger partial charge >= 0.3 is 6.18 Å². The molecule has 0 atom stereocenters. The number of aromatic nitrogens is 2. The topological polar surface area (TPSA) is 28.7 Å². The third kappa shape index (κ3) is 1.76. The van der Waals surface area contributed by atoms with Crippen LogP contribution in [0.1, 0.15) is 43.0 Å². The second kappa shape index (κ2) is 3.29. The van der Waals surface area contributed by atoms with Crippen molar-refractivity contribution in [1.29, 1.82) is 0 Å². The first-order valence-electron chi connectivity index (χ1n) is 4.70. The highest BCUT2D eigenvalue weighted by Crippen LogP contribution is 2.35. The van der Waals surface area contributed by atoms with E-state index in [0.29, 0.717) is 5.69 Å². The minimum atomic E-state index is -4.33. The molecule has 0 bridgehead atoms. The minimum absolute atomic E-state index is 0.249. The van der Waals surface area contributed by atoms with E-state index < -0.39 is 11.9 Å². The van der Waals surface area contributed by atoms with Crippen LogP contribution in [0.2, 0.25) is 0 Å². The van der Waals surface area contributed by atoms with Crippen molar-refractivity contribution >= 4 is 0 Å². The van der Waals surface area contributed by atoms with E-state index >= 15 is 0 Å². The number of rotatable bonds is 1. The quantitative estimate of drug-likeness (QED) is 0.748. The van der Waals surface area contributed by atoms with Gasteiger partial charge in [-0.3, -0.25) is 5.10 Å². The van der Waals surface area contributed by atoms with E-state index in [1.165, 1.54) is 0 Å². The summed E-state index contributed by atoms with van der Waals surface area (Å²) in [4.78, 5) is 0. The summed E-state index contributed by atoms with van der Waals surface area (Å²) in [5, 5.41) is 5.77. The normalized spacial score (nSPS) is 19.1. The number of nitrogens with zero attached hydrogens (tertiary/aromatic N) is 1. The van der Waals surface area contributed by atoms with Crippen LogP contribution >= 0.6 is 0 Å². The van der Waals surface area contributed by atoms with Crippen molar-refractivity contribution in [2.45, 2.75) is 37.8 Å². The van der Waals surface area contributed by atoms with Crippen molar-refractivity contribution in [3.05, 3.63) is 17.5 Å². The van der Waals surface area contributed by atoms with Crippen molar-refractivity contribution < 1.29 is 13.2 Å². The van der Waals surface area contributed by atoms with Crippen LogP contribution in [0.4, 0.5) is 13.2 Å². The molecule has 0 radical (unpaired) electrons. The van der Waals surface area contributed by atoms with Gasteiger partial charge < -0.3 is 0 Å². The van der Waals surface area contributed by atoms with Gasteiger partial charge in [0.25, 0.3) is 0 Å². The van der Waals surface area contributed by atoms with Crippen molar-refractivity contribution in [2.75, 3.05) is 0 Å². The molecule has 0 saturated heterocycles. The Hall–Kier alpha value is -1.00. The summed E-state index contributed by atoms with van der Waals surface area (Å²) in [5.74, 6) is 0.249. The zero-order valence-electron chi connectivity index (χ0n) is 7.56. The van der Waals surface area contributed by atoms with Gasteiger partial charge in [-0.15, -0.1) is 0 Å². The summed E-state index contributed by atoms with van der Waals surface area (Å²) in [6.07, 6.45) is -0.178. The number of hydrogen-bond donors (Lipinski definition) is 1. The average molecular weight is 204 g/mol. The Morgan fingerprint density at radius 1 is 1.29 bits per heavy atom. The Balaban J connectivity index is 2.17. The maximum Gasteiger partial charge on any atom is 0.435 e. The lowest BCUT2D eigenvalue weighted by Crippen LogP contribution is -2.04. The molecular weight excluding hydrogens is 193 g/mol. The third-order valence-electron chi connectivity index (χ3n) is 2.68. The fraction of sp³-hybridized carbons (Fsp3) is 0.667. The first kappa shape index (κ1) is 9.55. The Morgan fingerprint density at radius 3 is 2.43 bits per heavy atom. The molecule has 0 aromatic carbocycles. The van der Waals surface area contributed by atoms with Gasteiger partial charge in [0.05, 0.1) is 0 Å². The summed E-state index contributed by atoms with van der Waals surface area (Å²) < 4.78 is 36.6. The van der Waals surface area contributed by atoms with Gasteiger partial charge in [-0.2, -0.15) is 18.3 Å². The molecule has 1 saturated carbocycles. The van der Waals surface area contributed by atoms with Crippen LogP contribution in [0.15, 0.2) is 6.07 Å². The molecule has 5 heteroatoms. The first-order valence-corrected chi connectivity index (χ1v) is 4.70. The average Bonchev–Trinajstić information content (AvgIpc) is 2.73. The maximum absolute atomic E-state index is 12.2. The molecule has 1 fully saturated rings. The van der Waals surface area contributed by atoms with E-state index in [-0.39, 0.29) is 5.92 Å². The molecule has 1 aliphatic rings. The highest BCUT2D eigenvalue weighted by molar-refractivity contribution is 5.16. The largest absolute Gasteiger partial charge is 0.435 e. The molecule has 14 heavy (non-hydrogen) atoms. The lowest BCUT2D eigenvalue weighted by Gasteiger charge is -2.03. The highest BCUT2D eigenvalue weighted by Gasteiger charge is 2.34. The number of aromatic amines is 1. The SMILES string of the molecule is FC(F)(F)c1cc(C2CCCC2)[nH]n1.